The summed E-state index contributed by atoms with van der Waals surface area (Å²) in [5.41, 5.74) is 2.01. The molecule has 1 saturated heterocycles. The Morgan fingerprint density at radius 3 is 2.61 bits per heavy atom. The van der Waals surface area contributed by atoms with Crippen LogP contribution in [-0.2, 0) is 21.6 Å². The fourth-order valence-electron chi connectivity index (χ4n) is 7.70. The maximum Gasteiger partial charge on any atom is 0.166 e. The second-order valence-electron chi connectivity index (χ2n) is 11.3. The first-order valence-corrected chi connectivity index (χ1v) is 13.0. The van der Waals surface area contributed by atoms with Crippen LogP contribution in [0.2, 0.25) is 0 Å². The average Bonchev–Trinajstić information content (AvgIpc) is 3.24. The molecule has 2 heterocycles. The SMILES string of the molecule is C=C[C@@]1(OC)[C@H](C(C)=O)C[C@]2(C)[C@H](C)N(C)CC[C@@]23c2c(C)ccc(OCc4ccccc4)c2O[C@@H]13. The van der Waals surface area contributed by atoms with Crippen molar-refractivity contribution in [1.29, 1.82) is 0 Å². The van der Waals surface area contributed by atoms with Gasteiger partial charge in [-0.25, -0.2) is 0 Å². The van der Waals surface area contributed by atoms with Crippen molar-refractivity contribution >= 4 is 5.78 Å². The molecule has 2 aliphatic heterocycles. The van der Waals surface area contributed by atoms with Gasteiger partial charge >= 0.3 is 0 Å². The number of Topliss-reactive ketones (excluding diaryl/α,β-unsaturated/α-hetero) is 1. The molecule has 0 radical (unpaired) electrons. The number of fused-ring (bicyclic) bond motifs is 1. The lowest BCUT2D eigenvalue weighted by atomic mass is 9.42. The van der Waals surface area contributed by atoms with Gasteiger partial charge in [-0.1, -0.05) is 49.4 Å². The third-order valence-corrected chi connectivity index (χ3v) is 9.90. The van der Waals surface area contributed by atoms with E-state index in [2.05, 4.69) is 57.5 Å². The Morgan fingerprint density at radius 2 is 1.97 bits per heavy atom. The van der Waals surface area contributed by atoms with Crippen molar-refractivity contribution in [2.45, 2.75) is 70.3 Å². The minimum atomic E-state index is -0.927. The molecule has 0 aromatic heterocycles. The molecular formula is C31H39NO4. The van der Waals surface area contributed by atoms with Gasteiger partial charge in [-0.05, 0) is 69.8 Å². The van der Waals surface area contributed by atoms with Crippen LogP contribution in [0.5, 0.6) is 11.5 Å². The van der Waals surface area contributed by atoms with Crippen LogP contribution in [0, 0.1) is 18.3 Å². The lowest BCUT2D eigenvalue weighted by molar-refractivity contribution is -0.205. The van der Waals surface area contributed by atoms with Crippen LogP contribution in [0.4, 0.5) is 0 Å². The smallest absolute Gasteiger partial charge is 0.166 e. The number of carbonyl (C=O) groups excluding carboxylic acids is 1. The Kier molecular flexibility index (Phi) is 6.08. The number of carbonyl (C=O) groups is 1. The van der Waals surface area contributed by atoms with Crippen molar-refractivity contribution in [1.82, 2.24) is 4.90 Å². The van der Waals surface area contributed by atoms with Crippen LogP contribution in [-0.4, -0.2) is 49.1 Å². The molecule has 0 unspecified atom stereocenters. The van der Waals surface area contributed by atoms with Crippen molar-refractivity contribution in [3.63, 3.8) is 0 Å². The van der Waals surface area contributed by atoms with Crippen LogP contribution < -0.4 is 9.47 Å². The summed E-state index contributed by atoms with van der Waals surface area (Å²) in [5.74, 6) is 1.31. The highest BCUT2D eigenvalue weighted by molar-refractivity contribution is 5.81. The number of hydrogen-bond donors (Lipinski definition) is 0. The van der Waals surface area contributed by atoms with E-state index in [-0.39, 0.29) is 34.7 Å². The van der Waals surface area contributed by atoms with Gasteiger partial charge in [0.15, 0.2) is 11.5 Å². The van der Waals surface area contributed by atoms with Crippen LogP contribution in [0.15, 0.2) is 55.1 Å². The summed E-state index contributed by atoms with van der Waals surface area (Å²) in [4.78, 5) is 15.6. The summed E-state index contributed by atoms with van der Waals surface area (Å²) in [7, 11) is 3.88. The first-order valence-electron chi connectivity index (χ1n) is 13.0. The summed E-state index contributed by atoms with van der Waals surface area (Å²) in [6, 6.07) is 14.6. The Bertz CT molecular complexity index is 1180. The van der Waals surface area contributed by atoms with Gasteiger partial charge in [0, 0.05) is 24.1 Å². The molecule has 6 atom stereocenters. The number of methoxy groups -OCH3 is 1. The maximum absolute atomic E-state index is 13.2. The van der Waals surface area contributed by atoms with Gasteiger partial charge in [-0.3, -0.25) is 4.79 Å². The number of ketones is 1. The molecule has 36 heavy (non-hydrogen) atoms. The van der Waals surface area contributed by atoms with E-state index in [1.54, 1.807) is 14.0 Å². The van der Waals surface area contributed by atoms with Gasteiger partial charge in [0.05, 0.1) is 5.92 Å². The molecule has 2 aromatic rings. The van der Waals surface area contributed by atoms with Gasteiger partial charge in [0.25, 0.3) is 0 Å². The molecule has 0 bridgehead atoms. The van der Waals surface area contributed by atoms with E-state index >= 15 is 0 Å². The van der Waals surface area contributed by atoms with Crippen LogP contribution in [0.1, 0.15) is 50.3 Å². The predicted molar refractivity (Wildman–Crippen MR) is 142 cm³/mol. The molecule has 0 N–H and O–H groups in total. The highest BCUT2D eigenvalue weighted by Gasteiger charge is 2.74. The Balaban J connectivity index is 1.72. The second kappa shape index (κ2) is 8.74. The van der Waals surface area contributed by atoms with Gasteiger partial charge in [-0.15, -0.1) is 6.58 Å². The largest absolute Gasteiger partial charge is 0.485 e. The molecule has 3 aliphatic rings. The summed E-state index contributed by atoms with van der Waals surface area (Å²) >= 11 is 0. The summed E-state index contributed by atoms with van der Waals surface area (Å²) in [6.07, 6.45) is 3.07. The van der Waals surface area contributed by atoms with Crippen molar-refractivity contribution < 1.29 is 19.0 Å². The Morgan fingerprint density at radius 1 is 1.25 bits per heavy atom. The van der Waals surface area contributed by atoms with E-state index < -0.39 is 5.60 Å². The Hall–Kier alpha value is -2.63. The lowest BCUT2D eigenvalue weighted by Crippen LogP contribution is -2.75. The molecule has 5 heteroatoms. The number of nitrogens with zero attached hydrogens (tertiary/aromatic N) is 1. The van der Waals surface area contributed by atoms with Gasteiger partial charge in [0.1, 0.15) is 24.1 Å². The zero-order valence-electron chi connectivity index (χ0n) is 22.5. The third-order valence-electron chi connectivity index (χ3n) is 9.90. The normalized spacial score (nSPS) is 35.2. The number of likely N-dealkylation sites (tertiary alicyclic amines) is 1. The molecule has 1 aliphatic carbocycles. The Labute approximate surface area is 215 Å². The molecule has 5 rings (SSSR count). The topological polar surface area (TPSA) is 48.0 Å². The van der Waals surface area contributed by atoms with Crippen molar-refractivity contribution in [2.75, 3.05) is 20.7 Å². The van der Waals surface area contributed by atoms with Gasteiger partial charge < -0.3 is 19.1 Å². The molecule has 2 fully saturated rings. The van der Waals surface area contributed by atoms with Crippen molar-refractivity contribution in [3.8, 4) is 11.5 Å². The fourth-order valence-corrected chi connectivity index (χ4v) is 7.70. The number of piperidine rings is 1. The maximum atomic E-state index is 13.2. The number of hydrogen-bond acceptors (Lipinski definition) is 5. The fraction of sp³-hybridized carbons (Fsp3) is 0.516. The van der Waals surface area contributed by atoms with Crippen molar-refractivity contribution in [2.24, 2.45) is 11.3 Å². The molecule has 192 valence electrons. The zero-order chi connectivity index (χ0) is 25.9. The van der Waals surface area contributed by atoms with E-state index in [4.69, 9.17) is 14.2 Å². The number of aryl methyl sites for hydroxylation is 1. The molecule has 1 spiro atoms. The number of rotatable bonds is 6. The molecule has 5 nitrogen and oxygen atoms in total. The van der Waals surface area contributed by atoms with E-state index in [0.717, 1.165) is 30.0 Å². The van der Waals surface area contributed by atoms with Crippen LogP contribution >= 0.6 is 0 Å². The molecule has 1 saturated carbocycles. The second-order valence-corrected chi connectivity index (χ2v) is 11.3. The van der Waals surface area contributed by atoms with Crippen LogP contribution in [0.25, 0.3) is 0 Å². The summed E-state index contributed by atoms with van der Waals surface area (Å²) in [5, 5.41) is 0. The third kappa shape index (κ3) is 3.18. The first kappa shape index (κ1) is 25.0. The van der Waals surface area contributed by atoms with Gasteiger partial charge in [0.2, 0.25) is 0 Å². The quantitative estimate of drug-likeness (QED) is 0.503. The predicted octanol–water partition coefficient (Wildman–Crippen LogP) is 5.48. The van der Waals surface area contributed by atoms with E-state index in [0.29, 0.717) is 13.0 Å². The standard InChI is InChI=1S/C31H39NO4/c1-8-31(34-7)24(21(3)33)18-29(5)22(4)32(6)17-16-30(29)26-20(2)14-15-25(27(26)36-28(30)31)35-19-23-12-10-9-11-13-23/h8-15,22,24,28H,1,16-19H2,2-7H3/t22-,24-,28+,29+,30-,31+/m0/s1. The minimum absolute atomic E-state index is 0.115. The number of benzene rings is 2. The van der Waals surface area contributed by atoms with E-state index in [9.17, 15) is 4.79 Å². The number of ether oxygens (including phenoxy) is 3. The molecule has 0 amide bonds. The van der Waals surface area contributed by atoms with Crippen molar-refractivity contribution in [3.05, 3.63) is 71.8 Å². The molecule has 2 aromatic carbocycles. The summed E-state index contributed by atoms with van der Waals surface area (Å²) < 4.78 is 19.7. The van der Waals surface area contributed by atoms with E-state index in [1.807, 2.05) is 30.3 Å². The summed E-state index contributed by atoms with van der Waals surface area (Å²) in [6.45, 7) is 14.1. The molecular weight excluding hydrogens is 450 g/mol. The highest BCUT2D eigenvalue weighted by atomic mass is 16.6. The van der Waals surface area contributed by atoms with E-state index in [1.165, 1.54) is 11.1 Å². The first-order chi connectivity index (χ1) is 17.2. The average molecular weight is 490 g/mol. The minimum Gasteiger partial charge on any atom is -0.485 e. The van der Waals surface area contributed by atoms with Gasteiger partial charge in [-0.2, -0.15) is 0 Å². The lowest BCUT2D eigenvalue weighted by Gasteiger charge is -2.66. The zero-order valence-corrected chi connectivity index (χ0v) is 22.5. The highest BCUT2D eigenvalue weighted by Crippen LogP contribution is 2.69. The monoisotopic (exact) mass is 489 g/mol. The van der Waals surface area contributed by atoms with Crippen LogP contribution in [0.3, 0.4) is 0 Å².